The van der Waals surface area contributed by atoms with Crippen LogP contribution in [0.25, 0.3) is 0 Å². The molecule has 5 aromatic rings. The average molecular weight is 555 g/mol. The van der Waals surface area contributed by atoms with Crippen LogP contribution in [-0.2, 0) is 28.0 Å². The van der Waals surface area contributed by atoms with Crippen LogP contribution >= 0.6 is 0 Å². The van der Waals surface area contributed by atoms with Gasteiger partial charge in [-0.25, -0.2) is 0 Å². The number of nitrogens with two attached hydrogens (primary N) is 1. The molecule has 5 heteroatoms. The number of primary amides is 1. The standard InChI is InChI=1S/C37H34N2O3/c38-36(41)34(25-28-21-23-33(24-22-28)42-27-29-13-5-1-6-14-29)39-35(40)26-37(30-15-7-2-8-16-30,31-17-9-3-10-18-31)32-19-11-4-12-20-32/h1-24,34H,25-27H2,(H2,38,41)(H,39,40)/t34-/m0/s1. The molecule has 1 atom stereocenters. The summed E-state index contributed by atoms with van der Waals surface area (Å²) in [5.41, 5.74) is 9.93. The zero-order valence-electron chi connectivity index (χ0n) is 23.4. The molecule has 42 heavy (non-hydrogen) atoms. The molecule has 0 saturated heterocycles. The average Bonchev–Trinajstić information content (AvgIpc) is 3.04. The lowest BCUT2D eigenvalue weighted by atomic mass is 9.67. The lowest BCUT2D eigenvalue weighted by molar-refractivity contribution is -0.127. The van der Waals surface area contributed by atoms with Gasteiger partial charge in [-0.3, -0.25) is 9.59 Å². The summed E-state index contributed by atoms with van der Waals surface area (Å²) in [5.74, 6) is -0.128. The summed E-state index contributed by atoms with van der Waals surface area (Å²) in [6.45, 7) is 0.464. The minimum Gasteiger partial charge on any atom is -0.489 e. The number of carbonyl (C=O) groups excluding carboxylic acids is 2. The molecule has 0 aliphatic heterocycles. The van der Waals surface area contributed by atoms with Gasteiger partial charge in [0.05, 0.1) is 5.41 Å². The summed E-state index contributed by atoms with van der Waals surface area (Å²) in [7, 11) is 0. The van der Waals surface area contributed by atoms with E-state index >= 15 is 0 Å². The third-order valence-electron chi connectivity index (χ3n) is 7.52. The fourth-order valence-electron chi connectivity index (χ4n) is 5.38. The normalized spacial score (nSPS) is 11.8. The molecule has 3 N–H and O–H groups in total. The Labute approximate surface area is 247 Å². The Morgan fingerprint density at radius 1 is 0.619 bits per heavy atom. The molecule has 5 aromatic carbocycles. The summed E-state index contributed by atoms with van der Waals surface area (Å²) in [6, 6.07) is 46.6. The van der Waals surface area contributed by atoms with Gasteiger partial charge in [0.25, 0.3) is 0 Å². The van der Waals surface area contributed by atoms with Crippen LogP contribution in [0.4, 0.5) is 0 Å². The highest BCUT2D eigenvalue weighted by Gasteiger charge is 2.39. The predicted molar refractivity (Wildman–Crippen MR) is 166 cm³/mol. The molecular formula is C37H34N2O3. The van der Waals surface area contributed by atoms with Crippen molar-refractivity contribution in [3.8, 4) is 5.75 Å². The lowest BCUT2D eigenvalue weighted by Gasteiger charge is -2.36. The minimum absolute atomic E-state index is 0.0983. The van der Waals surface area contributed by atoms with Gasteiger partial charge in [0.15, 0.2) is 0 Å². The Morgan fingerprint density at radius 2 is 1.07 bits per heavy atom. The largest absolute Gasteiger partial charge is 0.489 e. The van der Waals surface area contributed by atoms with Gasteiger partial charge in [0.2, 0.25) is 11.8 Å². The second kappa shape index (κ2) is 13.5. The number of hydrogen-bond acceptors (Lipinski definition) is 3. The quantitative estimate of drug-likeness (QED) is 0.180. The SMILES string of the molecule is NC(=O)[C@H](Cc1ccc(OCc2ccccc2)cc1)NC(=O)CC(c1ccccc1)(c1ccccc1)c1ccccc1. The molecule has 5 nitrogen and oxygen atoms in total. The van der Waals surface area contributed by atoms with Crippen molar-refractivity contribution in [2.24, 2.45) is 5.73 Å². The van der Waals surface area contributed by atoms with E-state index in [2.05, 4.69) is 5.32 Å². The van der Waals surface area contributed by atoms with Crippen LogP contribution in [-0.4, -0.2) is 17.9 Å². The highest BCUT2D eigenvalue weighted by atomic mass is 16.5. The first-order chi connectivity index (χ1) is 20.5. The molecule has 5 rings (SSSR count). The van der Waals surface area contributed by atoms with Crippen molar-refractivity contribution in [3.05, 3.63) is 173 Å². The zero-order chi connectivity index (χ0) is 29.2. The van der Waals surface area contributed by atoms with Gasteiger partial charge in [-0.05, 0) is 39.9 Å². The van der Waals surface area contributed by atoms with Crippen LogP contribution in [0.3, 0.4) is 0 Å². The van der Waals surface area contributed by atoms with Crippen molar-refractivity contribution in [2.45, 2.75) is 30.9 Å². The molecule has 0 saturated carbocycles. The maximum Gasteiger partial charge on any atom is 0.240 e. The van der Waals surface area contributed by atoms with Crippen molar-refractivity contribution in [1.82, 2.24) is 5.32 Å². The van der Waals surface area contributed by atoms with Gasteiger partial charge in [0.1, 0.15) is 18.4 Å². The second-order valence-corrected chi connectivity index (χ2v) is 10.3. The van der Waals surface area contributed by atoms with Gasteiger partial charge in [-0.15, -0.1) is 0 Å². The molecule has 0 fully saturated rings. The Balaban J connectivity index is 1.36. The molecular weight excluding hydrogens is 520 g/mol. The van der Waals surface area contributed by atoms with Crippen LogP contribution in [0.15, 0.2) is 146 Å². The van der Waals surface area contributed by atoms with E-state index in [1.165, 1.54) is 0 Å². The van der Waals surface area contributed by atoms with Crippen LogP contribution < -0.4 is 15.8 Å². The van der Waals surface area contributed by atoms with E-state index in [4.69, 9.17) is 10.5 Å². The van der Waals surface area contributed by atoms with E-state index in [9.17, 15) is 9.59 Å². The van der Waals surface area contributed by atoms with E-state index in [-0.39, 0.29) is 18.7 Å². The van der Waals surface area contributed by atoms with Crippen molar-refractivity contribution in [1.29, 1.82) is 0 Å². The topological polar surface area (TPSA) is 81.4 Å². The van der Waals surface area contributed by atoms with E-state index in [1.54, 1.807) is 0 Å². The molecule has 0 aliphatic carbocycles. The Morgan fingerprint density at radius 3 is 1.52 bits per heavy atom. The number of hydrogen-bond donors (Lipinski definition) is 2. The Bertz CT molecular complexity index is 1480. The summed E-state index contributed by atoms with van der Waals surface area (Å²) >= 11 is 0. The van der Waals surface area contributed by atoms with Crippen LogP contribution in [0.1, 0.15) is 34.2 Å². The fraction of sp³-hybridized carbons (Fsp3) is 0.135. The Hall–Kier alpha value is -5.16. The number of nitrogens with one attached hydrogen (secondary N) is 1. The maximum atomic E-state index is 13.8. The number of amides is 2. The van der Waals surface area contributed by atoms with Crippen molar-refractivity contribution in [3.63, 3.8) is 0 Å². The molecule has 210 valence electrons. The first kappa shape index (κ1) is 28.4. The van der Waals surface area contributed by atoms with E-state index in [0.717, 1.165) is 33.6 Å². The molecule has 0 aromatic heterocycles. The third-order valence-corrected chi connectivity index (χ3v) is 7.52. The first-order valence-corrected chi connectivity index (χ1v) is 14.1. The van der Waals surface area contributed by atoms with Crippen molar-refractivity contribution < 1.29 is 14.3 Å². The molecule has 0 spiro atoms. The van der Waals surface area contributed by atoms with Gasteiger partial charge < -0.3 is 15.8 Å². The first-order valence-electron chi connectivity index (χ1n) is 14.1. The summed E-state index contributed by atoms with van der Waals surface area (Å²) in [6.07, 6.45) is 0.371. The van der Waals surface area contributed by atoms with Gasteiger partial charge >= 0.3 is 0 Å². The highest BCUT2D eigenvalue weighted by molar-refractivity contribution is 5.88. The van der Waals surface area contributed by atoms with Crippen LogP contribution in [0.2, 0.25) is 0 Å². The highest BCUT2D eigenvalue weighted by Crippen LogP contribution is 2.42. The van der Waals surface area contributed by atoms with Gasteiger partial charge in [-0.2, -0.15) is 0 Å². The smallest absolute Gasteiger partial charge is 0.240 e. The van der Waals surface area contributed by atoms with E-state index < -0.39 is 17.4 Å². The monoisotopic (exact) mass is 554 g/mol. The van der Waals surface area contributed by atoms with Gasteiger partial charge in [0, 0.05) is 12.8 Å². The molecule has 2 amide bonds. The Kier molecular flexibility index (Phi) is 9.10. The molecule has 0 unspecified atom stereocenters. The lowest BCUT2D eigenvalue weighted by Crippen LogP contribution is -2.48. The number of benzene rings is 5. The molecule has 0 heterocycles. The molecule has 0 radical (unpaired) electrons. The molecule has 0 bridgehead atoms. The fourth-order valence-corrected chi connectivity index (χ4v) is 5.38. The van der Waals surface area contributed by atoms with E-state index in [1.807, 2.05) is 146 Å². The summed E-state index contributed by atoms with van der Waals surface area (Å²) in [4.78, 5) is 26.3. The number of carbonyl (C=O) groups is 2. The zero-order valence-corrected chi connectivity index (χ0v) is 23.4. The van der Waals surface area contributed by atoms with Gasteiger partial charge in [-0.1, -0.05) is 133 Å². The molecule has 0 aliphatic rings. The maximum absolute atomic E-state index is 13.8. The van der Waals surface area contributed by atoms with Crippen molar-refractivity contribution >= 4 is 11.8 Å². The van der Waals surface area contributed by atoms with Crippen LogP contribution in [0.5, 0.6) is 5.75 Å². The number of rotatable bonds is 12. The predicted octanol–water partition coefficient (Wildman–Crippen LogP) is 6.20. The summed E-state index contributed by atoms with van der Waals surface area (Å²) in [5, 5.41) is 2.95. The van der Waals surface area contributed by atoms with Crippen LogP contribution in [0, 0.1) is 0 Å². The second-order valence-electron chi connectivity index (χ2n) is 10.3. The minimum atomic E-state index is -0.867. The van der Waals surface area contributed by atoms with E-state index in [0.29, 0.717) is 6.61 Å². The summed E-state index contributed by atoms with van der Waals surface area (Å²) < 4.78 is 5.88. The van der Waals surface area contributed by atoms with Crippen molar-refractivity contribution in [2.75, 3.05) is 0 Å². The number of ether oxygens (including phenoxy) is 1. The third kappa shape index (κ3) is 6.76.